The van der Waals surface area contributed by atoms with Crippen molar-refractivity contribution in [1.82, 2.24) is 9.88 Å². The molecule has 0 aromatic carbocycles. The molecule has 1 aromatic heterocycles. The van der Waals surface area contributed by atoms with E-state index in [9.17, 15) is 4.79 Å². The lowest BCUT2D eigenvalue weighted by Gasteiger charge is -2.37. The SMILES string of the molecule is CN(Cc1ccncc1)C(=O)C1(C(N)=S)CCCCC1. The second-order valence-electron chi connectivity index (χ2n) is 5.52. The van der Waals surface area contributed by atoms with Crippen LogP contribution >= 0.6 is 12.2 Å². The van der Waals surface area contributed by atoms with Crippen LogP contribution in [-0.4, -0.2) is 27.8 Å². The fourth-order valence-electron chi connectivity index (χ4n) is 2.92. The van der Waals surface area contributed by atoms with Gasteiger partial charge in [-0.05, 0) is 30.5 Å². The number of nitrogens with two attached hydrogens (primary N) is 1. The fourth-order valence-corrected chi connectivity index (χ4v) is 3.21. The number of rotatable bonds is 4. The molecule has 0 atom stereocenters. The van der Waals surface area contributed by atoms with E-state index in [1.54, 1.807) is 17.3 Å². The molecule has 4 nitrogen and oxygen atoms in total. The van der Waals surface area contributed by atoms with Crippen molar-refractivity contribution < 1.29 is 4.79 Å². The van der Waals surface area contributed by atoms with Crippen LogP contribution in [0.4, 0.5) is 0 Å². The maximum atomic E-state index is 12.8. The Bertz CT molecular complexity index is 483. The molecule has 0 spiro atoms. The Morgan fingerprint density at radius 1 is 1.35 bits per heavy atom. The summed E-state index contributed by atoms with van der Waals surface area (Å²) in [5, 5.41) is 0. The molecule has 1 fully saturated rings. The largest absolute Gasteiger partial charge is 0.392 e. The van der Waals surface area contributed by atoms with Crippen molar-refractivity contribution in [1.29, 1.82) is 0 Å². The zero-order valence-corrected chi connectivity index (χ0v) is 12.7. The third kappa shape index (κ3) is 2.98. The first-order valence-electron chi connectivity index (χ1n) is 7.01. The van der Waals surface area contributed by atoms with E-state index in [0.29, 0.717) is 11.5 Å². The quantitative estimate of drug-likeness (QED) is 0.865. The van der Waals surface area contributed by atoms with Crippen LogP contribution in [0.1, 0.15) is 37.7 Å². The number of carbonyl (C=O) groups is 1. The number of hydrogen-bond donors (Lipinski definition) is 1. The van der Waals surface area contributed by atoms with Crippen LogP contribution in [0.15, 0.2) is 24.5 Å². The molecule has 20 heavy (non-hydrogen) atoms. The molecule has 1 amide bonds. The normalized spacial score (nSPS) is 17.4. The van der Waals surface area contributed by atoms with Crippen molar-refractivity contribution in [3.05, 3.63) is 30.1 Å². The predicted molar refractivity (Wildman–Crippen MR) is 83.0 cm³/mol. The lowest BCUT2D eigenvalue weighted by Crippen LogP contribution is -2.50. The highest BCUT2D eigenvalue weighted by atomic mass is 32.1. The Morgan fingerprint density at radius 3 is 2.50 bits per heavy atom. The zero-order chi connectivity index (χ0) is 14.6. The second kappa shape index (κ2) is 6.31. The van der Waals surface area contributed by atoms with E-state index in [2.05, 4.69) is 4.98 Å². The zero-order valence-electron chi connectivity index (χ0n) is 11.8. The summed E-state index contributed by atoms with van der Waals surface area (Å²) >= 11 is 5.21. The van der Waals surface area contributed by atoms with Crippen molar-refractivity contribution in [2.45, 2.75) is 38.6 Å². The molecule has 108 valence electrons. The van der Waals surface area contributed by atoms with E-state index in [1.165, 1.54) is 0 Å². The van der Waals surface area contributed by atoms with Gasteiger partial charge in [-0.3, -0.25) is 9.78 Å². The standard InChI is InChI=1S/C15H21N3OS/c1-18(11-12-5-9-17-10-6-12)14(19)15(13(16)20)7-3-2-4-8-15/h5-6,9-10H,2-4,7-8,11H2,1H3,(H2,16,20). The summed E-state index contributed by atoms with van der Waals surface area (Å²) in [4.78, 5) is 18.9. The topological polar surface area (TPSA) is 59.2 Å². The van der Waals surface area contributed by atoms with Gasteiger partial charge in [0.25, 0.3) is 0 Å². The van der Waals surface area contributed by atoms with Gasteiger partial charge in [0.1, 0.15) is 0 Å². The molecule has 1 aliphatic rings. The van der Waals surface area contributed by atoms with Crippen molar-refractivity contribution >= 4 is 23.1 Å². The van der Waals surface area contributed by atoms with Crippen molar-refractivity contribution in [3.8, 4) is 0 Å². The summed E-state index contributed by atoms with van der Waals surface area (Å²) in [5.74, 6) is 0.0570. The monoisotopic (exact) mass is 291 g/mol. The molecule has 0 radical (unpaired) electrons. The Kier molecular flexibility index (Phi) is 4.70. The minimum absolute atomic E-state index is 0.0570. The number of aromatic nitrogens is 1. The Hall–Kier alpha value is -1.49. The minimum Gasteiger partial charge on any atom is -0.392 e. The fraction of sp³-hybridized carbons (Fsp3) is 0.533. The lowest BCUT2D eigenvalue weighted by atomic mass is 9.73. The van der Waals surface area contributed by atoms with Gasteiger partial charge in [0.05, 0.1) is 10.4 Å². The van der Waals surface area contributed by atoms with E-state index in [1.807, 2.05) is 19.2 Å². The number of nitrogens with zero attached hydrogens (tertiary/aromatic N) is 2. The molecule has 1 aromatic rings. The van der Waals surface area contributed by atoms with Gasteiger partial charge >= 0.3 is 0 Å². The average Bonchev–Trinajstić information content (AvgIpc) is 2.48. The van der Waals surface area contributed by atoms with Gasteiger partial charge in [-0.2, -0.15) is 0 Å². The molecule has 0 bridgehead atoms. The van der Waals surface area contributed by atoms with Crippen LogP contribution < -0.4 is 5.73 Å². The van der Waals surface area contributed by atoms with Crippen LogP contribution in [0.2, 0.25) is 0 Å². The molecular weight excluding hydrogens is 270 g/mol. The van der Waals surface area contributed by atoms with Gasteiger partial charge in [-0.1, -0.05) is 31.5 Å². The van der Waals surface area contributed by atoms with Crippen molar-refractivity contribution in [2.24, 2.45) is 11.1 Å². The molecular formula is C15H21N3OS. The summed E-state index contributed by atoms with van der Waals surface area (Å²) < 4.78 is 0. The predicted octanol–water partition coefficient (Wildman–Crippen LogP) is 2.28. The third-order valence-electron chi connectivity index (χ3n) is 4.10. The number of hydrogen-bond acceptors (Lipinski definition) is 3. The van der Waals surface area contributed by atoms with Crippen LogP contribution in [0.3, 0.4) is 0 Å². The average molecular weight is 291 g/mol. The molecule has 0 aliphatic heterocycles. The number of amides is 1. The van der Waals surface area contributed by atoms with Crippen LogP contribution in [0.25, 0.3) is 0 Å². The van der Waals surface area contributed by atoms with Gasteiger partial charge < -0.3 is 10.6 Å². The number of pyridine rings is 1. The van der Waals surface area contributed by atoms with Crippen molar-refractivity contribution in [3.63, 3.8) is 0 Å². The van der Waals surface area contributed by atoms with Gasteiger partial charge in [0, 0.05) is 26.0 Å². The lowest BCUT2D eigenvalue weighted by molar-refractivity contribution is -0.138. The summed E-state index contributed by atoms with van der Waals surface area (Å²) in [5.41, 5.74) is 6.34. The minimum atomic E-state index is -0.630. The first-order valence-corrected chi connectivity index (χ1v) is 7.41. The second-order valence-corrected chi connectivity index (χ2v) is 5.96. The summed E-state index contributed by atoms with van der Waals surface area (Å²) in [6.07, 6.45) is 8.23. The highest BCUT2D eigenvalue weighted by Crippen LogP contribution is 2.38. The molecule has 1 aliphatic carbocycles. The Labute approximate surface area is 125 Å². The first kappa shape index (κ1) is 14.9. The summed E-state index contributed by atoms with van der Waals surface area (Å²) in [7, 11) is 1.82. The third-order valence-corrected chi connectivity index (χ3v) is 4.49. The van der Waals surface area contributed by atoms with Gasteiger partial charge in [-0.25, -0.2) is 0 Å². The smallest absolute Gasteiger partial charge is 0.235 e. The molecule has 2 N–H and O–H groups in total. The maximum absolute atomic E-state index is 12.8. The first-order chi connectivity index (χ1) is 9.56. The molecule has 0 saturated heterocycles. The van der Waals surface area contributed by atoms with Crippen LogP contribution in [0, 0.1) is 5.41 Å². The number of thiocarbonyl (C=S) groups is 1. The molecule has 2 rings (SSSR count). The van der Waals surface area contributed by atoms with Gasteiger partial charge in [-0.15, -0.1) is 0 Å². The molecule has 1 saturated carbocycles. The Morgan fingerprint density at radius 2 is 1.95 bits per heavy atom. The van der Waals surface area contributed by atoms with E-state index >= 15 is 0 Å². The summed E-state index contributed by atoms with van der Waals surface area (Å²) in [6, 6.07) is 3.83. The van der Waals surface area contributed by atoms with Crippen LogP contribution in [0.5, 0.6) is 0 Å². The maximum Gasteiger partial charge on any atom is 0.235 e. The summed E-state index contributed by atoms with van der Waals surface area (Å²) in [6.45, 7) is 0.561. The van der Waals surface area contributed by atoms with E-state index in [0.717, 1.165) is 37.7 Å². The highest BCUT2D eigenvalue weighted by Gasteiger charge is 2.43. The molecule has 1 heterocycles. The Balaban J connectivity index is 2.13. The highest BCUT2D eigenvalue weighted by molar-refractivity contribution is 7.80. The van der Waals surface area contributed by atoms with E-state index in [-0.39, 0.29) is 5.91 Å². The molecule has 5 heteroatoms. The van der Waals surface area contributed by atoms with Crippen LogP contribution in [-0.2, 0) is 11.3 Å². The van der Waals surface area contributed by atoms with Gasteiger partial charge in [0.2, 0.25) is 5.91 Å². The van der Waals surface area contributed by atoms with E-state index < -0.39 is 5.41 Å². The van der Waals surface area contributed by atoms with Gasteiger partial charge in [0.15, 0.2) is 0 Å². The molecule has 0 unspecified atom stereocenters. The number of carbonyl (C=O) groups excluding carboxylic acids is 1. The van der Waals surface area contributed by atoms with E-state index in [4.69, 9.17) is 18.0 Å². The van der Waals surface area contributed by atoms with Crippen molar-refractivity contribution in [2.75, 3.05) is 7.05 Å².